The summed E-state index contributed by atoms with van der Waals surface area (Å²) in [6.45, 7) is 2.55. The molecule has 0 spiro atoms. The molecule has 3 aromatic carbocycles. The Bertz CT molecular complexity index is 1400. The fourth-order valence-corrected chi connectivity index (χ4v) is 3.61. The van der Waals surface area contributed by atoms with Crippen LogP contribution in [0.15, 0.2) is 83.8 Å². The number of nitrogens with zero attached hydrogens (tertiary/aromatic N) is 1. The summed E-state index contributed by atoms with van der Waals surface area (Å²) in [7, 11) is 0. The van der Waals surface area contributed by atoms with Crippen molar-refractivity contribution in [3.8, 4) is 11.5 Å². The van der Waals surface area contributed by atoms with Crippen LogP contribution in [-0.2, 0) is 6.54 Å². The Labute approximate surface area is 198 Å². The van der Waals surface area contributed by atoms with E-state index < -0.39 is 6.36 Å². The van der Waals surface area contributed by atoms with Crippen molar-refractivity contribution in [3.63, 3.8) is 0 Å². The smallest absolute Gasteiger partial charge is 0.494 e. The van der Waals surface area contributed by atoms with Crippen molar-refractivity contribution < 1.29 is 27.4 Å². The summed E-state index contributed by atoms with van der Waals surface area (Å²) in [5.74, 6) is 0.00296. The average molecular weight is 482 g/mol. The van der Waals surface area contributed by atoms with E-state index in [1.54, 1.807) is 54.7 Å². The monoisotopic (exact) mass is 482 g/mol. The van der Waals surface area contributed by atoms with E-state index in [0.29, 0.717) is 39.9 Å². The fraction of sp³-hybridized carbons (Fsp3) is 0.154. The van der Waals surface area contributed by atoms with Crippen molar-refractivity contribution in [1.82, 2.24) is 4.57 Å². The number of amides is 1. The van der Waals surface area contributed by atoms with Crippen LogP contribution in [0.1, 0.15) is 22.8 Å². The number of carbonyl (C=O) groups is 1. The van der Waals surface area contributed by atoms with Gasteiger partial charge in [0.25, 0.3) is 11.5 Å². The summed E-state index contributed by atoms with van der Waals surface area (Å²) >= 11 is 0. The van der Waals surface area contributed by atoms with Gasteiger partial charge in [0.1, 0.15) is 11.5 Å². The molecule has 0 saturated heterocycles. The molecule has 0 bridgehead atoms. The van der Waals surface area contributed by atoms with Gasteiger partial charge in [-0.15, -0.1) is 13.2 Å². The van der Waals surface area contributed by atoms with E-state index in [1.807, 2.05) is 6.92 Å². The second-order valence-electron chi connectivity index (χ2n) is 7.62. The number of anilines is 1. The van der Waals surface area contributed by atoms with E-state index in [1.165, 1.54) is 28.8 Å². The number of ether oxygens (including phenoxy) is 2. The van der Waals surface area contributed by atoms with E-state index in [0.717, 1.165) is 0 Å². The Hall–Kier alpha value is -4.27. The highest BCUT2D eigenvalue weighted by Gasteiger charge is 2.30. The van der Waals surface area contributed by atoms with Crippen LogP contribution >= 0.6 is 0 Å². The van der Waals surface area contributed by atoms with Gasteiger partial charge in [-0.2, -0.15) is 0 Å². The van der Waals surface area contributed by atoms with Gasteiger partial charge in [0, 0.05) is 28.2 Å². The number of rotatable bonds is 7. The lowest BCUT2D eigenvalue weighted by molar-refractivity contribution is -0.274. The number of alkyl halides is 3. The largest absolute Gasteiger partial charge is 0.573 e. The van der Waals surface area contributed by atoms with Crippen molar-refractivity contribution in [3.05, 3.63) is 100 Å². The molecule has 0 saturated carbocycles. The lowest BCUT2D eigenvalue weighted by Gasteiger charge is -2.12. The second kappa shape index (κ2) is 9.92. The first-order valence-corrected chi connectivity index (χ1v) is 10.7. The number of hydrogen-bond donors (Lipinski definition) is 1. The fourth-order valence-electron chi connectivity index (χ4n) is 3.61. The molecule has 0 aliphatic carbocycles. The normalized spacial score (nSPS) is 11.3. The molecular weight excluding hydrogens is 461 g/mol. The first-order valence-electron chi connectivity index (χ1n) is 10.7. The third kappa shape index (κ3) is 5.81. The van der Waals surface area contributed by atoms with E-state index in [2.05, 4.69) is 10.1 Å². The molecule has 1 heterocycles. The van der Waals surface area contributed by atoms with E-state index >= 15 is 0 Å². The molecular formula is C26H21F3N2O4. The van der Waals surface area contributed by atoms with Crippen LogP contribution < -0.4 is 20.3 Å². The van der Waals surface area contributed by atoms with Crippen LogP contribution in [-0.4, -0.2) is 23.4 Å². The van der Waals surface area contributed by atoms with Gasteiger partial charge in [0.05, 0.1) is 13.2 Å². The minimum atomic E-state index is -4.77. The molecule has 1 N–H and O–H groups in total. The van der Waals surface area contributed by atoms with Crippen molar-refractivity contribution in [1.29, 1.82) is 0 Å². The predicted molar refractivity (Wildman–Crippen MR) is 126 cm³/mol. The van der Waals surface area contributed by atoms with Gasteiger partial charge in [-0.3, -0.25) is 9.59 Å². The van der Waals surface area contributed by atoms with Crippen molar-refractivity contribution in [2.24, 2.45) is 0 Å². The van der Waals surface area contributed by atoms with Crippen molar-refractivity contribution in [2.75, 3.05) is 11.9 Å². The van der Waals surface area contributed by atoms with E-state index in [-0.39, 0.29) is 23.8 Å². The molecule has 0 radical (unpaired) electrons. The molecule has 0 atom stereocenters. The molecule has 4 aromatic rings. The number of benzene rings is 3. The Morgan fingerprint density at radius 3 is 2.26 bits per heavy atom. The molecule has 35 heavy (non-hydrogen) atoms. The van der Waals surface area contributed by atoms with Crippen LogP contribution in [0.4, 0.5) is 18.9 Å². The molecule has 6 nitrogen and oxygen atoms in total. The van der Waals surface area contributed by atoms with Crippen LogP contribution in [0.25, 0.3) is 10.8 Å². The second-order valence-corrected chi connectivity index (χ2v) is 7.62. The number of hydrogen-bond acceptors (Lipinski definition) is 4. The van der Waals surface area contributed by atoms with Crippen molar-refractivity contribution in [2.45, 2.75) is 19.8 Å². The highest BCUT2D eigenvalue weighted by Crippen LogP contribution is 2.24. The summed E-state index contributed by atoms with van der Waals surface area (Å²) in [5.41, 5.74) is 1.26. The molecule has 180 valence electrons. The SMILES string of the molecule is CCOc1ccc(C(=O)Nc2cccc3c(=O)n(Cc4ccc(OC(F)(F)F)cc4)ccc23)cc1. The number of nitrogens with one attached hydrogen (secondary N) is 1. The Morgan fingerprint density at radius 1 is 0.914 bits per heavy atom. The highest BCUT2D eigenvalue weighted by atomic mass is 19.4. The third-order valence-electron chi connectivity index (χ3n) is 5.20. The van der Waals surface area contributed by atoms with E-state index in [9.17, 15) is 22.8 Å². The van der Waals surface area contributed by atoms with Gasteiger partial charge in [-0.1, -0.05) is 18.2 Å². The zero-order valence-electron chi connectivity index (χ0n) is 18.6. The Balaban J connectivity index is 1.54. The number of carbonyl (C=O) groups excluding carboxylic acids is 1. The lowest BCUT2D eigenvalue weighted by atomic mass is 10.1. The van der Waals surface area contributed by atoms with Gasteiger partial charge < -0.3 is 19.4 Å². The zero-order valence-corrected chi connectivity index (χ0v) is 18.6. The Morgan fingerprint density at radius 2 is 1.60 bits per heavy atom. The van der Waals surface area contributed by atoms with Gasteiger partial charge in [0.2, 0.25) is 0 Å². The molecule has 0 unspecified atom stereocenters. The summed E-state index contributed by atoms with van der Waals surface area (Å²) in [4.78, 5) is 25.8. The Kier molecular flexibility index (Phi) is 6.77. The van der Waals surface area contributed by atoms with Gasteiger partial charge in [0.15, 0.2) is 0 Å². The lowest BCUT2D eigenvalue weighted by Crippen LogP contribution is -2.21. The van der Waals surface area contributed by atoms with Gasteiger partial charge >= 0.3 is 6.36 Å². The molecule has 9 heteroatoms. The van der Waals surface area contributed by atoms with Gasteiger partial charge in [-0.05, 0) is 67.1 Å². The number of halogens is 3. The standard InChI is InChI=1S/C26H21F3N2O4/c1-2-34-19-12-8-18(9-13-19)24(32)30-23-5-3-4-22-21(23)14-15-31(25(22)33)16-17-6-10-20(11-7-17)35-26(27,28)29/h3-15H,2,16H2,1H3,(H,30,32). The van der Waals surface area contributed by atoms with Crippen LogP contribution in [0.2, 0.25) is 0 Å². The minimum Gasteiger partial charge on any atom is -0.494 e. The summed E-state index contributed by atoms with van der Waals surface area (Å²) < 4.78 is 47.7. The van der Waals surface area contributed by atoms with Crippen molar-refractivity contribution >= 4 is 22.4 Å². The molecule has 0 fully saturated rings. The quantitative estimate of drug-likeness (QED) is 0.372. The molecule has 0 aliphatic rings. The topological polar surface area (TPSA) is 69.6 Å². The number of fused-ring (bicyclic) bond motifs is 1. The summed E-state index contributed by atoms with van der Waals surface area (Å²) in [5, 5.41) is 3.81. The molecule has 1 amide bonds. The van der Waals surface area contributed by atoms with Crippen LogP contribution in [0.3, 0.4) is 0 Å². The third-order valence-corrected chi connectivity index (χ3v) is 5.20. The van der Waals surface area contributed by atoms with Gasteiger partial charge in [-0.25, -0.2) is 0 Å². The molecule has 1 aromatic heterocycles. The summed E-state index contributed by atoms with van der Waals surface area (Å²) in [6.07, 6.45) is -3.19. The predicted octanol–water partition coefficient (Wildman–Crippen LogP) is 5.60. The van der Waals surface area contributed by atoms with E-state index in [4.69, 9.17) is 4.74 Å². The number of aromatic nitrogens is 1. The first kappa shape index (κ1) is 23.9. The average Bonchev–Trinajstić information content (AvgIpc) is 2.82. The zero-order chi connectivity index (χ0) is 25.0. The highest BCUT2D eigenvalue weighted by molar-refractivity contribution is 6.09. The summed E-state index contributed by atoms with van der Waals surface area (Å²) in [6, 6.07) is 18.8. The minimum absolute atomic E-state index is 0.157. The first-order chi connectivity index (χ1) is 16.7. The van der Waals surface area contributed by atoms with Crippen LogP contribution in [0, 0.1) is 0 Å². The number of pyridine rings is 1. The maximum Gasteiger partial charge on any atom is 0.573 e. The maximum atomic E-state index is 13.1. The van der Waals surface area contributed by atoms with Crippen LogP contribution in [0.5, 0.6) is 11.5 Å². The molecule has 0 aliphatic heterocycles. The maximum absolute atomic E-state index is 13.1. The molecule has 4 rings (SSSR count).